The molecule has 0 fully saturated rings. The van der Waals surface area contributed by atoms with E-state index in [0.29, 0.717) is 11.5 Å². The highest BCUT2D eigenvalue weighted by atomic mass is 16.1. The summed E-state index contributed by atoms with van der Waals surface area (Å²) in [5, 5.41) is 3.94. The lowest BCUT2D eigenvalue weighted by Gasteiger charge is -1.99. The average molecular weight is 174 g/mol. The lowest BCUT2D eigenvalue weighted by molar-refractivity contribution is 0.111. The van der Waals surface area contributed by atoms with Gasteiger partial charge < -0.3 is 0 Å². The minimum atomic E-state index is 0.459. The van der Waals surface area contributed by atoms with Gasteiger partial charge in [0.15, 0.2) is 12.1 Å². The molecular formula is C8H6N4O. The predicted molar refractivity (Wildman–Crippen MR) is 44.5 cm³/mol. The summed E-state index contributed by atoms with van der Waals surface area (Å²) in [6, 6.07) is 1.61. The zero-order valence-electron chi connectivity index (χ0n) is 6.66. The van der Waals surface area contributed by atoms with E-state index in [1.165, 1.54) is 4.68 Å². The topological polar surface area (TPSA) is 60.7 Å². The lowest BCUT2D eigenvalue weighted by atomic mass is 10.5. The van der Waals surface area contributed by atoms with Crippen molar-refractivity contribution in [2.45, 2.75) is 0 Å². The SMILES string of the molecule is O=Cc1ccnn1-c1cnccn1. The van der Waals surface area contributed by atoms with Crippen LogP contribution < -0.4 is 0 Å². The molecule has 0 amide bonds. The molecule has 2 rings (SSSR count). The Morgan fingerprint density at radius 2 is 2.23 bits per heavy atom. The maximum absolute atomic E-state index is 10.6. The maximum Gasteiger partial charge on any atom is 0.172 e. The minimum Gasteiger partial charge on any atom is -0.296 e. The Labute approximate surface area is 74.1 Å². The van der Waals surface area contributed by atoms with Gasteiger partial charge in [-0.05, 0) is 6.07 Å². The van der Waals surface area contributed by atoms with Gasteiger partial charge in [0.05, 0.1) is 12.4 Å². The van der Waals surface area contributed by atoms with Crippen molar-refractivity contribution >= 4 is 6.29 Å². The largest absolute Gasteiger partial charge is 0.296 e. The Kier molecular flexibility index (Phi) is 1.84. The van der Waals surface area contributed by atoms with Crippen LogP contribution in [0.5, 0.6) is 0 Å². The molecule has 0 aliphatic carbocycles. The van der Waals surface area contributed by atoms with Gasteiger partial charge in [0, 0.05) is 12.4 Å². The second-order valence-electron chi connectivity index (χ2n) is 2.35. The van der Waals surface area contributed by atoms with Crippen molar-refractivity contribution in [1.82, 2.24) is 19.7 Å². The Morgan fingerprint density at radius 1 is 1.31 bits per heavy atom. The van der Waals surface area contributed by atoms with E-state index in [9.17, 15) is 4.79 Å². The van der Waals surface area contributed by atoms with Crippen molar-refractivity contribution in [2.75, 3.05) is 0 Å². The van der Waals surface area contributed by atoms with Gasteiger partial charge in [-0.2, -0.15) is 5.10 Å². The summed E-state index contributed by atoms with van der Waals surface area (Å²) in [5.74, 6) is 0.537. The molecule has 0 aromatic carbocycles. The third-order valence-electron chi connectivity index (χ3n) is 1.56. The zero-order valence-corrected chi connectivity index (χ0v) is 6.66. The van der Waals surface area contributed by atoms with Gasteiger partial charge in [-0.25, -0.2) is 9.67 Å². The van der Waals surface area contributed by atoms with Crippen LogP contribution >= 0.6 is 0 Å². The van der Waals surface area contributed by atoms with Crippen LogP contribution in [0.15, 0.2) is 30.9 Å². The standard InChI is InChI=1S/C8H6N4O/c13-6-7-1-2-11-12(7)8-5-9-3-4-10-8/h1-6H. The van der Waals surface area contributed by atoms with Gasteiger partial charge >= 0.3 is 0 Å². The minimum absolute atomic E-state index is 0.459. The van der Waals surface area contributed by atoms with E-state index in [2.05, 4.69) is 15.1 Å². The normalized spacial score (nSPS) is 9.85. The number of hydrogen-bond acceptors (Lipinski definition) is 4. The Morgan fingerprint density at radius 3 is 2.92 bits per heavy atom. The fourth-order valence-corrected chi connectivity index (χ4v) is 0.995. The maximum atomic E-state index is 10.6. The summed E-state index contributed by atoms with van der Waals surface area (Å²) in [7, 11) is 0. The molecule has 2 aromatic rings. The van der Waals surface area contributed by atoms with Crippen LogP contribution in [-0.4, -0.2) is 26.0 Å². The smallest absolute Gasteiger partial charge is 0.172 e. The monoisotopic (exact) mass is 174 g/mol. The summed E-state index contributed by atoms with van der Waals surface area (Å²) in [5.41, 5.74) is 0.459. The van der Waals surface area contributed by atoms with E-state index in [-0.39, 0.29) is 0 Å². The van der Waals surface area contributed by atoms with Crippen molar-refractivity contribution < 1.29 is 4.79 Å². The van der Waals surface area contributed by atoms with Crippen LogP contribution in [0.25, 0.3) is 5.82 Å². The van der Waals surface area contributed by atoms with Gasteiger partial charge in [0.25, 0.3) is 0 Å². The average Bonchev–Trinajstić information content (AvgIpc) is 2.67. The second-order valence-corrected chi connectivity index (χ2v) is 2.35. The summed E-state index contributed by atoms with van der Waals surface area (Å²) in [6.45, 7) is 0. The van der Waals surface area contributed by atoms with Crippen molar-refractivity contribution in [2.24, 2.45) is 0 Å². The van der Waals surface area contributed by atoms with Crippen molar-refractivity contribution in [3.8, 4) is 5.82 Å². The first-order valence-corrected chi connectivity index (χ1v) is 3.67. The third-order valence-corrected chi connectivity index (χ3v) is 1.56. The number of aldehydes is 1. The van der Waals surface area contributed by atoms with Gasteiger partial charge in [-0.1, -0.05) is 0 Å². The number of rotatable bonds is 2. The first-order valence-electron chi connectivity index (χ1n) is 3.67. The summed E-state index contributed by atoms with van der Waals surface area (Å²) >= 11 is 0. The number of carbonyl (C=O) groups is 1. The number of nitrogens with zero attached hydrogens (tertiary/aromatic N) is 4. The van der Waals surface area contributed by atoms with Crippen LogP contribution in [0, 0.1) is 0 Å². The summed E-state index contributed by atoms with van der Waals surface area (Å²) < 4.78 is 1.43. The fraction of sp³-hybridized carbons (Fsp3) is 0. The Bertz CT molecular complexity index is 409. The molecule has 0 unspecified atom stereocenters. The van der Waals surface area contributed by atoms with Crippen LogP contribution in [0.2, 0.25) is 0 Å². The third kappa shape index (κ3) is 1.31. The quantitative estimate of drug-likeness (QED) is 0.621. The highest BCUT2D eigenvalue weighted by Gasteiger charge is 2.03. The van der Waals surface area contributed by atoms with Gasteiger partial charge in [-0.3, -0.25) is 9.78 Å². The van der Waals surface area contributed by atoms with E-state index in [4.69, 9.17) is 0 Å². The highest BCUT2D eigenvalue weighted by Crippen LogP contribution is 2.02. The van der Waals surface area contributed by atoms with Crippen LogP contribution in [0.3, 0.4) is 0 Å². The van der Waals surface area contributed by atoms with Gasteiger partial charge in [0.2, 0.25) is 0 Å². The number of aromatic nitrogens is 4. The molecule has 2 heterocycles. The highest BCUT2D eigenvalue weighted by molar-refractivity contribution is 5.72. The van der Waals surface area contributed by atoms with Gasteiger partial charge in [-0.15, -0.1) is 0 Å². The first-order chi connectivity index (χ1) is 6.42. The van der Waals surface area contributed by atoms with Gasteiger partial charge in [0.1, 0.15) is 5.69 Å². The molecule has 0 spiro atoms. The molecule has 2 aromatic heterocycles. The molecule has 0 saturated heterocycles. The molecular weight excluding hydrogens is 168 g/mol. The molecule has 0 bridgehead atoms. The molecule has 0 atom stereocenters. The molecule has 64 valence electrons. The number of hydrogen-bond donors (Lipinski definition) is 0. The molecule has 0 saturated carbocycles. The molecule has 0 aliphatic rings. The summed E-state index contributed by atoms with van der Waals surface area (Å²) in [4.78, 5) is 18.4. The molecule has 5 nitrogen and oxygen atoms in total. The van der Waals surface area contributed by atoms with Crippen LogP contribution in [0.4, 0.5) is 0 Å². The van der Waals surface area contributed by atoms with E-state index in [1.54, 1.807) is 30.9 Å². The van der Waals surface area contributed by atoms with E-state index in [1.807, 2.05) is 0 Å². The second kappa shape index (κ2) is 3.14. The Balaban J connectivity index is 2.52. The van der Waals surface area contributed by atoms with E-state index in [0.717, 1.165) is 6.29 Å². The molecule has 0 radical (unpaired) electrons. The van der Waals surface area contributed by atoms with Crippen molar-refractivity contribution in [3.63, 3.8) is 0 Å². The molecule has 0 N–H and O–H groups in total. The molecule has 13 heavy (non-hydrogen) atoms. The zero-order chi connectivity index (χ0) is 9.10. The van der Waals surface area contributed by atoms with Crippen LogP contribution in [0.1, 0.15) is 10.5 Å². The van der Waals surface area contributed by atoms with Crippen LogP contribution in [-0.2, 0) is 0 Å². The lowest BCUT2D eigenvalue weighted by Crippen LogP contribution is -2.03. The van der Waals surface area contributed by atoms with Crippen molar-refractivity contribution in [3.05, 3.63) is 36.5 Å². The summed E-state index contributed by atoms with van der Waals surface area (Å²) in [6.07, 6.45) is 6.92. The Hall–Kier alpha value is -2.04. The predicted octanol–water partition coefficient (Wildman–Crippen LogP) is 0.475. The number of carbonyl (C=O) groups excluding carboxylic acids is 1. The first kappa shape index (κ1) is 7.60. The van der Waals surface area contributed by atoms with E-state index < -0.39 is 0 Å². The molecule has 5 heteroatoms. The van der Waals surface area contributed by atoms with E-state index >= 15 is 0 Å². The van der Waals surface area contributed by atoms with Crippen molar-refractivity contribution in [1.29, 1.82) is 0 Å². The fourth-order valence-electron chi connectivity index (χ4n) is 0.995. The molecule has 0 aliphatic heterocycles.